The fourth-order valence-corrected chi connectivity index (χ4v) is 2.93. The van der Waals surface area contributed by atoms with E-state index in [-0.39, 0.29) is 11.6 Å². The Bertz CT molecular complexity index is 908. The first-order valence-electron chi connectivity index (χ1n) is 7.85. The van der Waals surface area contributed by atoms with Gasteiger partial charge in [-0.3, -0.25) is 4.79 Å². The Hall–Kier alpha value is -3.14. The molecule has 0 spiro atoms. The van der Waals surface area contributed by atoms with Gasteiger partial charge in [0.25, 0.3) is 0 Å². The Balaban J connectivity index is 1.54. The predicted molar refractivity (Wildman–Crippen MR) is 93.8 cm³/mol. The maximum absolute atomic E-state index is 12.2. The first-order valence-corrected chi connectivity index (χ1v) is 8.73. The summed E-state index contributed by atoms with van der Waals surface area (Å²) in [5.41, 5.74) is 0.842. The molecule has 2 heterocycles. The molecule has 0 bridgehead atoms. The number of carbonyl (C=O) groups excluding carboxylic acids is 1. The number of hydrogen-bond acceptors (Lipinski definition) is 7. The summed E-state index contributed by atoms with van der Waals surface area (Å²) in [4.78, 5) is 28.3. The van der Waals surface area contributed by atoms with Gasteiger partial charge in [-0.15, -0.1) is 21.5 Å². The largest absolute Gasteiger partial charge is 0.476 e. The summed E-state index contributed by atoms with van der Waals surface area (Å²) in [5.74, 6) is -0.858. The third-order valence-electron chi connectivity index (χ3n) is 3.60. The minimum absolute atomic E-state index is 0.0185. The van der Waals surface area contributed by atoms with E-state index in [9.17, 15) is 9.59 Å². The lowest BCUT2D eigenvalue weighted by Crippen LogP contribution is -2.33. The predicted octanol–water partition coefficient (Wildman–Crippen LogP) is 1.41. The van der Waals surface area contributed by atoms with Crippen molar-refractivity contribution in [2.24, 2.45) is 0 Å². The third kappa shape index (κ3) is 4.09. The smallest absolute Gasteiger partial charge is 0.355 e. The SMILES string of the molecule is CC(C(=O)NCCc1nc(C(=O)O)cs1)n1nnc(-c2ccccc2)n1. The molecule has 1 aromatic carbocycles. The molecule has 1 amide bonds. The highest BCUT2D eigenvalue weighted by molar-refractivity contribution is 7.09. The van der Waals surface area contributed by atoms with Gasteiger partial charge in [0, 0.05) is 23.9 Å². The lowest BCUT2D eigenvalue weighted by atomic mass is 10.2. The van der Waals surface area contributed by atoms with E-state index in [1.807, 2.05) is 30.3 Å². The van der Waals surface area contributed by atoms with Crippen LogP contribution in [0.4, 0.5) is 0 Å². The zero-order valence-electron chi connectivity index (χ0n) is 13.9. The summed E-state index contributed by atoms with van der Waals surface area (Å²) in [7, 11) is 0. The average Bonchev–Trinajstić information content (AvgIpc) is 3.31. The molecular formula is C16H16N6O3S. The maximum Gasteiger partial charge on any atom is 0.355 e. The molecule has 0 aliphatic heterocycles. The van der Waals surface area contributed by atoms with Crippen LogP contribution in [0.15, 0.2) is 35.7 Å². The van der Waals surface area contributed by atoms with Gasteiger partial charge in [0.1, 0.15) is 6.04 Å². The maximum atomic E-state index is 12.2. The van der Waals surface area contributed by atoms with Crippen molar-refractivity contribution in [2.45, 2.75) is 19.4 Å². The zero-order chi connectivity index (χ0) is 18.5. The molecule has 9 nitrogen and oxygen atoms in total. The third-order valence-corrected chi connectivity index (χ3v) is 4.50. The fraction of sp³-hybridized carbons (Fsp3) is 0.250. The van der Waals surface area contributed by atoms with Crippen LogP contribution in [-0.2, 0) is 11.2 Å². The van der Waals surface area contributed by atoms with Gasteiger partial charge in [-0.1, -0.05) is 30.3 Å². The fourth-order valence-electron chi connectivity index (χ4n) is 2.16. The van der Waals surface area contributed by atoms with Gasteiger partial charge in [-0.05, 0) is 12.1 Å². The van der Waals surface area contributed by atoms with Gasteiger partial charge in [-0.25, -0.2) is 9.78 Å². The first-order chi connectivity index (χ1) is 12.5. The van der Waals surface area contributed by atoms with E-state index in [0.29, 0.717) is 23.8 Å². The number of tetrazole rings is 1. The van der Waals surface area contributed by atoms with Gasteiger partial charge in [0.2, 0.25) is 11.7 Å². The van der Waals surface area contributed by atoms with Crippen LogP contribution >= 0.6 is 11.3 Å². The van der Waals surface area contributed by atoms with E-state index in [0.717, 1.165) is 5.56 Å². The molecule has 1 unspecified atom stereocenters. The second-order valence-corrected chi connectivity index (χ2v) is 6.39. The highest BCUT2D eigenvalue weighted by atomic mass is 32.1. The topological polar surface area (TPSA) is 123 Å². The van der Waals surface area contributed by atoms with Crippen LogP contribution in [-0.4, -0.2) is 48.7 Å². The van der Waals surface area contributed by atoms with Crippen LogP contribution < -0.4 is 5.32 Å². The van der Waals surface area contributed by atoms with E-state index in [4.69, 9.17) is 5.11 Å². The van der Waals surface area contributed by atoms with E-state index in [1.54, 1.807) is 6.92 Å². The van der Waals surface area contributed by atoms with Crippen LogP contribution in [0.1, 0.15) is 28.5 Å². The Kier molecular flexibility index (Phi) is 5.32. The van der Waals surface area contributed by atoms with E-state index in [2.05, 4.69) is 25.7 Å². The number of aromatic carboxylic acids is 1. The molecule has 0 aliphatic carbocycles. The molecule has 0 fully saturated rings. The Labute approximate surface area is 152 Å². The molecule has 3 aromatic rings. The molecule has 26 heavy (non-hydrogen) atoms. The number of aromatic nitrogens is 5. The highest BCUT2D eigenvalue weighted by Gasteiger charge is 2.18. The normalized spacial score (nSPS) is 11.9. The molecule has 0 radical (unpaired) electrons. The second-order valence-electron chi connectivity index (χ2n) is 5.45. The summed E-state index contributed by atoms with van der Waals surface area (Å²) in [6.07, 6.45) is 0.455. The van der Waals surface area contributed by atoms with Gasteiger partial charge < -0.3 is 10.4 Å². The number of carbonyl (C=O) groups is 2. The number of nitrogens with zero attached hydrogens (tertiary/aromatic N) is 5. The van der Waals surface area contributed by atoms with Gasteiger partial charge in [-0.2, -0.15) is 4.80 Å². The standard InChI is InChI=1S/C16H16N6O3S/c1-10(22-20-14(19-21-22)11-5-3-2-4-6-11)15(23)17-8-7-13-18-12(9-26-13)16(24)25/h2-6,9-10H,7-8H2,1H3,(H,17,23)(H,24,25). The molecule has 3 rings (SSSR count). The van der Waals surface area contributed by atoms with Crippen molar-refractivity contribution in [3.05, 3.63) is 46.4 Å². The van der Waals surface area contributed by atoms with Gasteiger partial charge in [0.15, 0.2) is 5.69 Å². The highest BCUT2D eigenvalue weighted by Crippen LogP contribution is 2.14. The molecule has 10 heteroatoms. The number of carboxylic acids is 1. The number of amides is 1. The van der Waals surface area contributed by atoms with Crippen molar-refractivity contribution in [1.29, 1.82) is 0 Å². The van der Waals surface area contributed by atoms with Crippen LogP contribution in [0, 0.1) is 0 Å². The first kappa shape index (κ1) is 17.7. The second kappa shape index (κ2) is 7.83. The van der Waals surface area contributed by atoms with Crippen molar-refractivity contribution >= 4 is 23.2 Å². The van der Waals surface area contributed by atoms with Crippen molar-refractivity contribution in [3.63, 3.8) is 0 Å². The molecule has 0 aliphatic rings. The van der Waals surface area contributed by atoms with Gasteiger partial charge in [0.05, 0.1) is 5.01 Å². The molecule has 2 N–H and O–H groups in total. The zero-order valence-corrected chi connectivity index (χ0v) is 14.7. The summed E-state index contributed by atoms with van der Waals surface area (Å²) < 4.78 is 0. The lowest BCUT2D eigenvalue weighted by Gasteiger charge is -2.10. The number of carboxylic acid groups (broad SMARTS) is 1. The summed E-state index contributed by atoms with van der Waals surface area (Å²) in [6.45, 7) is 2.02. The Morgan fingerprint density at radius 1 is 1.31 bits per heavy atom. The molecule has 134 valence electrons. The molecule has 2 aromatic heterocycles. The molecule has 0 saturated heterocycles. The minimum Gasteiger partial charge on any atom is -0.476 e. The van der Waals surface area contributed by atoms with E-state index < -0.39 is 12.0 Å². The van der Waals surface area contributed by atoms with Crippen LogP contribution in [0.3, 0.4) is 0 Å². The molecule has 1 atom stereocenters. The Morgan fingerprint density at radius 2 is 2.08 bits per heavy atom. The Morgan fingerprint density at radius 3 is 2.77 bits per heavy atom. The van der Waals surface area contributed by atoms with Crippen molar-refractivity contribution < 1.29 is 14.7 Å². The number of thiazole rings is 1. The monoisotopic (exact) mass is 372 g/mol. The number of hydrogen-bond donors (Lipinski definition) is 2. The average molecular weight is 372 g/mol. The van der Waals surface area contributed by atoms with Gasteiger partial charge >= 0.3 is 5.97 Å². The van der Waals surface area contributed by atoms with Crippen molar-refractivity contribution in [3.8, 4) is 11.4 Å². The van der Waals surface area contributed by atoms with Crippen molar-refractivity contribution in [1.82, 2.24) is 30.5 Å². The molecule has 0 saturated carbocycles. The number of benzene rings is 1. The summed E-state index contributed by atoms with van der Waals surface area (Å²) in [5, 5.41) is 25.9. The summed E-state index contributed by atoms with van der Waals surface area (Å²) >= 11 is 1.25. The van der Waals surface area contributed by atoms with Crippen molar-refractivity contribution in [2.75, 3.05) is 6.54 Å². The minimum atomic E-state index is -1.06. The molecular weight excluding hydrogens is 356 g/mol. The van der Waals surface area contributed by atoms with Crippen LogP contribution in [0.25, 0.3) is 11.4 Å². The number of nitrogens with one attached hydrogen (secondary N) is 1. The van der Waals surface area contributed by atoms with Crippen LogP contribution in [0.5, 0.6) is 0 Å². The summed E-state index contributed by atoms with van der Waals surface area (Å²) in [6, 6.07) is 8.76. The van der Waals surface area contributed by atoms with Crippen LogP contribution in [0.2, 0.25) is 0 Å². The van der Waals surface area contributed by atoms with E-state index in [1.165, 1.54) is 21.5 Å². The lowest BCUT2D eigenvalue weighted by molar-refractivity contribution is -0.124. The van der Waals surface area contributed by atoms with E-state index >= 15 is 0 Å². The quantitative estimate of drug-likeness (QED) is 0.643. The number of rotatable bonds is 7.